The fraction of sp³-hybridized carbons (Fsp3) is 0.0667. The van der Waals surface area contributed by atoms with E-state index < -0.39 is 0 Å². The predicted octanol–water partition coefficient (Wildman–Crippen LogP) is 4.48. The molecule has 1 aromatic heterocycles. The van der Waals surface area contributed by atoms with Crippen molar-refractivity contribution in [2.24, 2.45) is 0 Å². The maximum atomic E-state index is 9.86. The fourth-order valence-electron chi connectivity index (χ4n) is 1.96. The van der Waals surface area contributed by atoms with Crippen LogP contribution in [0, 0.1) is 0 Å². The third-order valence-electron chi connectivity index (χ3n) is 2.84. The first kappa shape index (κ1) is 12.1. The van der Waals surface area contributed by atoms with Gasteiger partial charge in [0, 0.05) is 10.0 Å². The summed E-state index contributed by atoms with van der Waals surface area (Å²) in [6, 6.07) is 12.8. The third-order valence-corrected chi connectivity index (χ3v) is 3.34. The van der Waals surface area contributed by atoms with Gasteiger partial charge in [-0.2, -0.15) is 0 Å². The van der Waals surface area contributed by atoms with E-state index in [1.165, 1.54) is 0 Å². The van der Waals surface area contributed by atoms with Crippen molar-refractivity contribution < 1.29 is 14.3 Å². The molecule has 3 rings (SSSR count). The van der Waals surface area contributed by atoms with Crippen molar-refractivity contribution in [3.05, 3.63) is 58.8 Å². The summed E-state index contributed by atoms with van der Waals surface area (Å²) in [5, 5.41) is 10.6. The number of ether oxygens (including phenoxy) is 1. The lowest BCUT2D eigenvalue weighted by Crippen LogP contribution is -1.94. The highest BCUT2D eigenvalue weighted by Gasteiger charge is 2.10. The van der Waals surface area contributed by atoms with Crippen LogP contribution in [0.2, 0.25) is 0 Å². The van der Waals surface area contributed by atoms with Gasteiger partial charge in [0.25, 0.3) is 0 Å². The molecule has 1 N–H and O–H groups in total. The molecule has 3 nitrogen and oxygen atoms in total. The summed E-state index contributed by atoms with van der Waals surface area (Å²) < 4.78 is 12.0. The molecule has 0 aliphatic rings. The Hall–Kier alpha value is -1.94. The van der Waals surface area contributed by atoms with Gasteiger partial charge in [0.05, 0.1) is 11.6 Å². The Balaban J connectivity index is 1.86. The Labute approximate surface area is 118 Å². The van der Waals surface area contributed by atoms with Gasteiger partial charge in [-0.3, -0.25) is 0 Å². The van der Waals surface area contributed by atoms with Crippen molar-refractivity contribution in [2.45, 2.75) is 6.61 Å². The first-order valence-corrected chi connectivity index (χ1v) is 6.60. The zero-order valence-electron chi connectivity index (χ0n) is 9.97. The molecule has 1 heterocycles. The van der Waals surface area contributed by atoms with E-state index in [0.717, 1.165) is 15.8 Å². The average Bonchev–Trinajstić information content (AvgIpc) is 2.81. The fourth-order valence-corrected chi connectivity index (χ4v) is 2.34. The van der Waals surface area contributed by atoms with E-state index >= 15 is 0 Å². The highest BCUT2D eigenvalue weighted by Crippen LogP contribution is 2.30. The number of phenols is 1. The SMILES string of the molecule is Oc1cccc2occ(COc3cccc(Br)c3)c12. The molecule has 0 unspecified atom stereocenters. The Morgan fingerprint density at radius 2 is 2.00 bits per heavy atom. The Bertz CT molecular complexity index is 718. The van der Waals surface area contributed by atoms with Crippen LogP contribution >= 0.6 is 15.9 Å². The highest BCUT2D eigenvalue weighted by atomic mass is 79.9. The van der Waals surface area contributed by atoms with Crippen LogP contribution < -0.4 is 4.74 Å². The largest absolute Gasteiger partial charge is 0.507 e. The Morgan fingerprint density at radius 1 is 1.16 bits per heavy atom. The minimum absolute atomic E-state index is 0.207. The molecule has 0 aliphatic carbocycles. The van der Waals surface area contributed by atoms with E-state index in [0.29, 0.717) is 17.6 Å². The van der Waals surface area contributed by atoms with E-state index in [1.807, 2.05) is 30.3 Å². The van der Waals surface area contributed by atoms with Crippen molar-refractivity contribution in [2.75, 3.05) is 0 Å². The smallest absolute Gasteiger partial charge is 0.138 e. The van der Waals surface area contributed by atoms with Crippen LogP contribution in [-0.2, 0) is 6.61 Å². The van der Waals surface area contributed by atoms with E-state index in [1.54, 1.807) is 18.4 Å². The van der Waals surface area contributed by atoms with Crippen LogP contribution in [0.3, 0.4) is 0 Å². The first-order valence-electron chi connectivity index (χ1n) is 5.80. The normalized spacial score (nSPS) is 10.8. The van der Waals surface area contributed by atoms with Crippen molar-refractivity contribution in [1.82, 2.24) is 0 Å². The number of fused-ring (bicyclic) bond motifs is 1. The van der Waals surface area contributed by atoms with E-state index in [9.17, 15) is 5.11 Å². The second-order valence-corrected chi connectivity index (χ2v) is 5.07. The van der Waals surface area contributed by atoms with Crippen LogP contribution in [0.5, 0.6) is 11.5 Å². The summed E-state index contributed by atoms with van der Waals surface area (Å²) in [4.78, 5) is 0. The third kappa shape index (κ3) is 2.44. The minimum Gasteiger partial charge on any atom is -0.507 e. The summed E-state index contributed by atoms with van der Waals surface area (Å²) in [7, 11) is 0. The molecule has 2 aromatic carbocycles. The number of hydrogen-bond acceptors (Lipinski definition) is 3. The van der Waals surface area contributed by atoms with Gasteiger partial charge in [-0.05, 0) is 30.3 Å². The number of benzene rings is 2. The van der Waals surface area contributed by atoms with Crippen molar-refractivity contribution >= 4 is 26.9 Å². The number of hydrogen-bond donors (Lipinski definition) is 1. The molecule has 19 heavy (non-hydrogen) atoms. The van der Waals surface area contributed by atoms with Crippen LogP contribution in [0.1, 0.15) is 5.56 Å². The molecule has 0 amide bonds. The Kier molecular flexibility index (Phi) is 3.17. The van der Waals surface area contributed by atoms with Gasteiger partial charge in [0.15, 0.2) is 0 Å². The summed E-state index contributed by atoms with van der Waals surface area (Å²) in [5.74, 6) is 0.971. The number of phenolic OH excluding ortho intramolecular Hbond substituents is 1. The predicted molar refractivity (Wildman–Crippen MR) is 76.4 cm³/mol. The number of halogens is 1. The molecule has 0 bridgehead atoms. The zero-order chi connectivity index (χ0) is 13.2. The molecule has 4 heteroatoms. The lowest BCUT2D eigenvalue weighted by atomic mass is 10.1. The second kappa shape index (κ2) is 4.97. The first-order chi connectivity index (χ1) is 9.24. The quantitative estimate of drug-likeness (QED) is 0.774. The van der Waals surface area contributed by atoms with Gasteiger partial charge in [-0.1, -0.05) is 28.1 Å². The van der Waals surface area contributed by atoms with Gasteiger partial charge >= 0.3 is 0 Å². The monoisotopic (exact) mass is 318 g/mol. The van der Waals surface area contributed by atoms with E-state index in [2.05, 4.69) is 15.9 Å². The van der Waals surface area contributed by atoms with E-state index in [4.69, 9.17) is 9.15 Å². The zero-order valence-corrected chi connectivity index (χ0v) is 11.6. The molecule has 0 saturated carbocycles. The molecule has 96 valence electrons. The van der Waals surface area contributed by atoms with Gasteiger partial charge < -0.3 is 14.3 Å². The summed E-state index contributed by atoms with van der Waals surface area (Å²) >= 11 is 3.39. The standard InChI is InChI=1S/C15H11BrO3/c16-11-3-1-4-12(7-11)18-8-10-9-19-14-6-2-5-13(17)15(10)14/h1-7,9,17H,8H2. The highest BCUT2D eigenvalue weighted by molar-refractivity contribution is 9.10. The molecule has 0 aliphatic heterocycles. The molecule has 0 radical (unpaired) electrons. The average molecular weight is 319 g/mol. The minimum atomic E-state index is 0.207. The summed E-state index contributed by atoms with van der Waals surface area (Å²) in [5.41, 5.74) is 1.49. The van der Waals surface area contributed by atoms with E-state index in [-0.39, 0.29) is 5.75 Å². The maximum Gasteiger partial charge on any atom is 0.138 e. The number of furan rings is 1. The molecule has 0 fully saturated rings. The lowest BCUT2D eigenvalue weighted by molar-refractivity contribution is 0.305. The number of rotatable bonds is 3. The van der Waals surface area contributed by atoms with Gasteiger partial charge in [-0.25, -0.2) is 0 Å². The van der Waals surface area contributed by atoms with Crippen LogP contribution in [-0.4, -0.2) is 5.11 Å². The van der Waals surface area contributed by atoms with Gasteiger partial charge in [-0.15, -0.1) is 0 Å². The molecule has 0 saturated heterocycles. The van der Waals surface area contributed by atoms with Crippen LogP contribution in [0.15, 0.2) is 57.6 Å². The topological polar surface area (TPSA) is 42.6 Å². The lowest BCUT2D eigenvalue weighted by Gasteiger charge is -2.05. The molecular formula is C15H11BrO3. The van der Waals surface area contributed by atoms with Crippen LogP contribution in [0.4, 0.5) is 0 Å². The van der Waals surface area contributed by atoms with Crippen molar-refractivity contribution in [3.8, 4) is 11.5 Å². The second-order valence-electron chi connectivity index (χ2n) is 4.16. The summed E-state index contributed by atoms with van der Waals surface area (Å²) in [6.45, 7) is 0.348. The van der Waals surface area contributed by atoms with Crippen molar-refractivity contribution in [1.29, 1.82) is 0 Å². The van der Waals surface area contributed by atoms with Crippen molar-refractivity contribution in [3.63, 3.8) is 0 Å². The molecule has 0 spiro atoms. The van der Waals surface area contributed by atoms with Gasteiger partial charge in [0.1, 0.15) is 23.7 Å². The maximum absolute atomic E-state index is 9.86. The number of aromatic hydroxyl groups is 1. The molecule has 3 aromatic rings. The van der Waals surface area contributed by atoms with Crippen LogP contribution in [0.25, 0.3) is 11.0 Å². The molecular weight excluding hydrogens is 308 g/mol. The van der Waals surface area contributed by atoms with Gasteiger partial charge in [0.2, 0.25) is 0 Å². The summed E-state index contributed by atoms with van der Waals surface area (Å²) in [6.07, 6.45) is 1.61. The Morgan fingerprint density at radius 3 is 2.84 bits per heavy atom. The molecule has 0 atom stereocenters.